The fourth-order valence-electron chi connectivity index (χ4n) is 1.95. The Balaban J connectivity index is 2.47. The van der Waals surface area contributed by atoms with E-state index in [-0.39, 0.29) is 12.3 Å². The lowest BCUT2D eigenvalue weighted by molar-refractivity contribution is -0.135. The molecule has 2 amide bonds. The summed E-state index contributed by atoms with van der Waals surface area (Å²) in [7, 11) is 0. The fraction of sp³-hybridized carbons (Fsp3) is 0.818. The maximum Gasteiger partial charge on any atom is 0.240 e. The number of nitrogens with two attached hydrogens (primary N) is 2. The average molecular weight is 243 g/mol. The third kappa shape index (κ3) is 4.32. The molecule has 1 aliphatic heterocycles. The van der Waals surface area contributed by atoms with Crippen molar-refractivity contribution in [3.05, 3.63) is 0 Å². The van der Waals surface area contributed by atoms with Crippen molar-refractivity contribution < 1.29 is 14.3 Å². The molecule has 1 heterocycles. The van der Waals surface area contributed by atoms with Crippen LogP contribution in [0.15, 0.2) is 0 Å². The zero-order chi connectivity index (χ0) is 12.8. The normalized spacial score (nSPS) is 21.2. The van der Waals surface area contributed by atoms with Crippen LogP contribution in [0, 0.1) is 5.92 Å². The van der Waals surface area contributed by atoms with Crippen LogP contribution in [-0.2, 0) is 14.3 Å². The second-order valence-corrected chi connectivity index (χ2v) is 4.38. The van der Waals surface area contributed by atoms with Gasteiger partial charge in [0.25, 0.3) is 0 Å². The molecule has 4 N–H and O–H groups in total. The van der Waals surface area contributed by atoms with Gasteiger partial charge in [-0.15, -0.1) is 0 Å². The Morgan fingerprint density at radius 1 is 1.53 bits per heavy atom. The molecule has 2 unspecified atom stereocenters. The van der Waals surface area contributed by atoms with Crippen molar-refractivity contribution in [3.63, 3.8) is 0 Å². The first kappa shape index (κ1) is 13.9. The number of amides is 2. The Hall–Kier alpha value is -1.14. The highest BCUT2D eigenvalue weighted by Gasteiger charge is 2.25. The second kappa shape index (κ2) is 6.56. The summed E-state index contributed by atoms with van der Waals surface area (Å²) in [5, 5.41) is 0. The van der Waals surface area contributed by atoms with Crippen LogP contribution in [0.2, 0.25) is 0 Å². The van der Waals surface area contributed by atoms with Crippen molar-refractivity contribution >= 4 is 11.8 Å². The molecular weight excluding hydrogens is 222 g/mol. The number of rotatable bonds is 6. The highest BCUT2D eigenvalue weighted by Crippen LogP contribution is 2.14. The Labute approximate surface area is 101 Å². The number of carbonyl (C=O) groups is 2. The monoisotopic (exact) mass is 243 g/mol. The first-order valence-corrected chi connectivity index (χ1v) is 5.95. The van der Waals surface area contributed by atoms with E-state index in [1.54, 1.807) is 4.90 Å². The van der Waals surface area contributed by atoms with Gasteiger partial charge in [-0.2, -0.15) is 0 Å². The summed E-state index contributed by atoms with van der Waals surface area (Å²) < 4.78 is 5.26. The highest BCUT2D eigenvalue weighted by molar-refractivity contribution is 5.87. The largest absolute Gasteiger partial charge is 0.381 e. The summed E-state index contributed by atoms with van der Waals surface area (Å²) in [6.07, 6.45) is 0.866. The van der Waals surface area contributed by atoms with Gasteiger partial charge in [0, 0.05) is 25.6 Å². The van der Waals surface area contributed by atoms with E-state index in [2.05, 4.69) is 0 Å². The van der Waals surface area contributed by atoms with Gasteiger partial charge in [-0.05, 0) is 13.3 Å². The van der Waals surface area contributed by atoms with Crippen molar-refractivity contribution in [2.24, 2.45) is 17.4 Å². The molecule has 0 saturated carbocycles. The van der Waals surface area contributed by atoms with E-state index < -0.39 is 11.9 Å². The standard InChI is InChI=1S/C11H21N3O3/c1-2-14(6-8-3-4-17-7-8)11(16)9(12)5-10(13)15/h8-9H,2-7,12H2,1H3,(H2,13,15). The van der Waals surface area contributed by atoms with Crippen molar-refractivity contribution in [2.75, 3.05) is 26.3 Å². The van der Waals surface area contributed by atoms with Gasteiger partial charge >= 0.3 is 0 Å². The lowest BCUT2D eigenvalue weighted by atomic mass is 10.1. The molecule has 0 aromatic carbocycles. The topological polar surface area (TPSA) is 98.7 Å². The summed E-state index contributed by atoms with van der Waals surface area (Å²) in [5.74, 6) is -0.385. The molecule has 0 radical (unpaired) electrons. The van der Waals surface area contributed by atoms with Gasteiger partial charge in [-0.25, -0.2) is 0 Å². The fourth-order valence-corrected chi connectivity index (χ4v) is 1.95. The number of hydrogen-bond acceptors (Lipinski definition) is 4. The lowest BCUT2D eigenvalue weighted by Crippen LogP contribution is -2.47. The van der Waals surface area contributed by atoms with E-state index in [0.717, 1.165) is 13.0 Å². The highest BCUT2D eigenvalue weighted by atomic mass is 16.5. The number of nitrogens with zero attached hydrogens (tertiary/aromatic N) is 1. The Morgan fingerprint density at radius 2 is 2.24 bits per heavy atom. The zero-order valence-electron chi connectivity index (χ0n) is 10.2. The molecule has 0 bridgehead atoms. The van der Waals surface area contributed by atoms with E-state index in [0.29, 0.717) is 25.6 Å². The summed E-state index contributed by atoms with van der Waals surface area (Å²) in [6, 6.07) is -0.824. The third-order valence-corrected chi connectivity index (χ3v) is 2.93. The van der Waals surface area contributed by atoms with Crippen LogP contribution in [0.3, 0.4) is 0 Å². The SMILES string of the molecule is CCN(CC1CCOC1)C(=O)C(N)CC(N)=O. The molecule has 2 atom stereocenters. The van der Waals surface area contributed by atoms with Crippen LogP contribution in [0.25, 0.3) is 0 Å². The molecule has 0 aromatic rings. The Morgan fingerprint density at radius 3 is 2.71 bits per heavy atom. The summed E-state index contributed by atoms with van der Waals surface area (Å²) in [6.45, 7) is 4.56. The molecule has 17 heavy (non-hydrogen) atoms. The number of hydrogen-bond donors (Lipinski definition) is 2. The Bertz CT molecular complexity index is 277. The van der Waals surface area contributed by atoms with Crippen LogP contribution in [0.4, 0.5) is 0 Å². The predicted molar refractivity (Wildman–Crippen MR) is 63.0 cm³/mol. The molecule has 0 aromatic heterocycles. The van der Waals surface area contributed by atoms with Gasteiger partial charge in [0.2, 0.25) is 11.8 Å². The van der Waals surface area contributed by atoms with E-state index in [1.807, 2.05) is 6.92 Å². The van der Waals surface area contributed by atoms with Gasteiger partial charge in [-0.3, -0.25) is 9.59 Å². The maximum atomic E-state index is 11.9. The molecule has 98 valence electrons. The minimum absolute atomic E-state index is 0.101. The lowest BCUT2D eigenvalue weighted by Gasteiger charge is -2.26. The first-order valence-electron chi connectivity index (χ1n) is 5.95. The molecule has 1 saturated heterocycles. The van der Waals surface area contributed by atoms with Crippen molar-refractivity contribution in [2.45, 2.75) is 25.8 Å². The van der Waals surface area contributed by atoms with E-state index in [1.165, 1.54) is 0 Å². The van der Waals surface area contributed by atoms with Crippen LogP contribution in [0.1, 0.15) is 19.8 Å². The first-order chi connectivity index (χ1) is 8.04. The maximum absolute atomic E-state index is 11.9. The molecule has 6 nitrogen and oxygen atoms in total. The van der Waals surface area contributed by atoms with Gasteiger partial charge in [-0.1, -0.05) is 0 Å². The van der Waals surface area contributed by atoms with E-state index in [9.17, 15) is 9.59 Å². The van der Waals surface area contributed by atoms with Gasteiger partial charge < -0.3 is 21.1 Å². The van der Waals surface area contributed by atoms with Gasteiger partial charge in [0.15, 0.2) is 0 Å². The second-order valence-electron chi connectivity index (χ2n) is 4.38. The number of ether oxygens (including phenoxy) is 1. The van der Waals surface area contributed by atoms with Gasteiger partial charge in [0.1, 0.15) is 0 Å². The van der Waals surface area contributed by atoms with E-state index >= 15 is 0 Å². The smallest absolute Gasteiger partial charge is 0.240 e. The third-order valence-electron chi connectivity index (χ3n) is 2.93. The summed E-state index contributed by atoms with van der Waals surface area (Å²) >= 11 is 0. The number of carbonyl (C=O) groups excluding carboxylic acids is 2. The molecule has 6 heteroatoms. The van der Waals surface area contributed by atoms with Crippen molar-refractivity contribution in [3.8, 4) is 0 Å². The molecule has 0 aliphatic carbocycles. The minimum atomic E-state index is -0.824. The predicted octanol–water partition coefficient (Wildman–Crippen LogP) is -0.926. The van der Waals surface area contributed by atoms with Crippen LogP contribution in [0.5, 0.6) is 0 Å². The molecule has 1 fully saturated rings. The summed E-state index contributed by atoms with van der Waals surface area (Å²) in [4.78, 5) is 24.3. The molecule has 1 rings (SSSR count). The quantitative estimate of drug-likeness (QED) is 0.630. The molecule has 1 aliphatic rings. The van der Waals surface area contributed by atoms with E-state index in [4.69, 9.17) is 16.2 Å². The van der Waals surface area contributed by atoms with Gasteiger partial charge in [0.05, 0.1) is 19.1 Å². The zero-order valence-corrected chi connectivity index (χ0v) is 10.2. The van der Waals surface area contributed by atoms with Crippen molar-refractivity contribution in [1.29, 1.82) is 0 Å². The van der Waals surface area contributed by atoms with Crippen LogP contribution in [-0.4, -0.2) is 49.1 Å². The van der Waals surface area contributed by atoms with Crippen molar-refractivity contribution in [1.82, 2.24) is 4.90 Å². The summed E-state index contributed by atoms with van der Waals surface area (Å²) in [5.41, 5.74) is 10.7. The molecule has 0 spiro atoms. The van der Waals surface area contributed by atoms with Crippen LogP contribution < -0.4 is 11.5 Å². The van der Waals surface area contributed by atoms with Crippen LogP contribution >= 0.6 is 0 Å². The Kier molecular flexibility index (Phi) is 5.37. The molecular formula is C11H21N3O3. The minimum Gasteiger partial charge on any atom is -0.381 e. The average Bonchev–Trinajstić information content (AvgIpc) is 2.76. The number of likely N-dealkylation sites (N-methyl/N-ethyl adjacent to an activating group) is 1. The number of primary amides is 1.